The lowest BCUT2D eigenvalue weighted by Gasteiger charge is -2.12. The smallest absolute Gasteiger partial charge is 0.274 e. The minimum atomic E-state index is -0.263. The number of hydrogen-bond acceptors (Lipinski definition) is 4. The first-order chi connectivity index (χ1) is 12.2. The lowest BCUT2D eigenvalue weighted by molar-refractivity contribution is -0.115. The molecule has 1 fully saturated rings. The Labute approximate surface area is 146 Å². The van der Waals surface area contributed by atoms with E-state index in [1.54, 1.807) is 13.2 Å². The van der Waals surface area contributed by atoms with Crippen LogP contribution in [-0.2, 0) is 11.2 Å². The normalized spacial score (nSPS) is 14.3. The van der Waals surface area contributed by atoms with Crippen LogP contribution in [0.5, 0.6) is 5.75 Å². The van der Waals surface area contributed by atoms with Gasteiger partial charge in [0.1, 0.15) is 5.75 Å². The van der Waals surface area contributed by atoms with Gasteiger partial charge in [-0.25, -0.2) is 0 Å². The van der Waals surface area contributed by atoms with E-state index in [9.17, 15) is 9.59 Å². The van der Waals surface area contributed by atoms with E-state index in [0.29, 0.717) is 11.4 Å². The molecule has 2 aromatic rings. The number of methoxy groups -OCH3 is 1. The lowest BCUT2D eigenvalue weighted by atomic mass is 10.1. The number of nitrogens with one attached hydrogen (secondary N) is 3. The molecule has 0 unspecified atom stereocenters. The summed E-state index contributed by atoms with van der Waals surface area (Å²) in [4.78, 5) is 24.7. The number of anilines is 1. The summed E-state index contributed by atoms with van der Waals surface area (Å²) in [6.45, 7) is 0. The average Bonchev–Trinajstić information content (AvgIpc) is 3.27. The lowest BCUT2D eigenvalue weighted by Crippen LogP contribution is -2.33. The van der Waals surface area contributed by atoms with Crippen LogP contribution in [0.1, 0.15) is 41.7 Å². The highest BCUT2D eigenvalue weighted by Crippen LogP contribution is 2.21. The fourth-order valence-electron chi connectivity index (χ4n) is 3.10. The molecule has 0 saturated heterocycles. The fraction of sp³-hybridized carbons (Fsp3) is 0.389. The largest absolute Gasteiger partial charge is 0.496 e. The summed E-state index contributed by atoms with van der Waals surface area (Å²) in [6.07, 6.45) is 5.92. The zero-order valence-corrected chi connectivity index (χ0v) is 14.2. The van der Waals surface area contributed by atoms with Crippen molar-refractivity contribution in [1.82, 2.24) is 15.5 Å². The molecular weight excluding hydrogens is 320 g/mol. The van der Waals surface area contributed by atoms with Crippen LogP contribution in [-0.4, -0.2) is 35.2 Å². The monoisotopic (exact) mass is 342 g/mol. The van der Waals surface area contributed by atoms with Crippen molar-refractivity contribution in [1.29, 1.82) is 0 Å². The molecule has 0 radical (unpaired) electrons. The zero-order valence-electron chi connectivity index (χ0n) is 14.2. The SMILES string of the molecule is COc1ccccc1CC(=O)Nc1c[nH]nc1C(=O)NC1CCCC1. The maximum Gasteiger partial charge on any atom is 0.274 e. The van der Waals surface area contributed by atoms with Gasteiger partial charge < -0.3 is 15.4 Å². The van der Waals surface area contributed by atoms with Gasteiger partial charge in [0.15, 0.2) is 5.69 Å². The zero-order chi connectivity index (χ0) is 17.6. The number of H-pyrrole nitrogens is 1. The summed E-state index contributed by atoms with van der Waals surface area (Å²) in [5.41, 5.74) is 1.37. The second kappa shape index (κ2) is 7.83. The Morgan fingerprint density at radius 1 is 1.28 bits per heavy atom. The summed E-state index contributed by atoms with van der Waals surface area (Å²) in [6, 6.07) is 7.54. The van der Waals surface area contributed by atoms with Gasteiger partial charge in [-0.3, -0.25) is 14.7 Å². The van der Waals surface area contributed by atoms with Gasteiger partial charge in [-0.1, -0.05) is 31.0 Å². The molecule has 2 amide bonds. The number of rotatable bonds is 6. The minimum absolute atomic E-state index is 0.152. The van der Waals surface area contributed by atoms with Crippen LogP contribution in [0.15, 0.2) is 30.5 Å². The first-order valence-electron chi connectivity index (χ1n) is 8.43. The summed E-state index contributed by atoms with van der Waals surface area (Å²) in [7, 11) is 1.57. The van der Waals surface area contributed by atoms with Crippen LogP contribution in [0.2, 0.25) is 0 Å². The van der Waals surface area contributed by atoms with Crippen molar-refractivity contribution in [2.45, 2.75) is 38.1 Å². The number of carbonyl (C=O) groups excluding carboxylic acids is 2. The molecule has 1 aromatic heterocycles. The topological polar surface area (TPSA) is 96.1 Å². The summed E-state index contributed by atoms with van der Waals surface area (Å²) < 4.78 is 5.26. The van der Waals surface area contributed by atoms with Crippen molar-refractivity contribution in [3.8, 4) is 5.75 Å². The van der Waals surface area contributed by atoms with Gasteiger partial charge in [-0.05, 0) is 18.9 Å². The molecular formula is C18H22N4O3. The van der Waals surface area contributed by atoms with Crippen molar-refractivity contribution in [2.75, 3.05) is 12.4 Å². The number of benzene rings is 1. The van der Waals surface area contributed by atoms with Crippen LogP contribution in [0.3, 0.4) is 0 Å². The van der Waals surface area contributed by atoms with Crippen LogP contribution < -0.4 is 15.4 Å². The fourth-order valence-corrected chi connectivity index (χ4v) is 3.10. The Kier molecular flexibility index (Phi) is 5.33. The van der Waals surface area contributed by atoms with E-state index in [4.69, 9.17) is 4.74 Å². The molecule has 0 spiro atoms. The van der Waals surface area contributed by atoms with Crippen molar-refractivity contribution in [3.63, 3.8) is 0 Å². The van der Waals surface area contributed by atoms with Crippen LogP contribution in [0, 0.1) is 0 Å². The highest BCUT2D eigenvalue weighted by atomic mass is 16.5. The van der Waals surface area contributed by atoms with Gasteiger partial charge in [0.2, 0.25) is 5.91 Å². The van der Waals surface area contributed by atoms with Gasteiger partial charge in [0, 0.05) is 17.8 Å². The Morgan fingerprint density at radius 3 is 2.80 bits per heavy atom. The third kappa shape index (κ3) is 4.17. The molecule has 0 atom stereocenters. The van der Waals surface area contributed by atoms with E-state index in [0.717, 1.165) is 31.2 Å². The van der Waals surface area contributed by atoms with E-state index in [2.05, 4.69) is 20.8 Å². The van der Waals surface area contributed by atoms with Crippen LogP contribution in [0.4, 0.5) is 5.69 Å². The maximum atomic E-state index is 12.4. The number of nitrogens with zero attached hydrogens (tertiary/aromatic N) is 1. The molecule has 7 heteroatoms. The molecule has 0 aliphatic heterocycles. The number of para-hydroxylation sites is 1. The minimum Gasteiger partial charge on any atom is -0.496 e. The average molecular weight is 342 g/mol. The molecule has 3 rings (SSSR count). The van der Waals surface area contributed by atoms with Crippen molar-refractivity contribution >= 4 is 17.5 Å². The highest BCUT2D eigenvalue weighted by Gasteiger charge is 2.22. The molecule has 25 heavy (non-hydrogen) atoms. The van der Waals surface area contributed by atoms with E-state index in [1.807, 2.05) is 18.2 Å². The summed E-state index contributed by atoms with van der Waals surface area (Å²) >= 11 is 0. The van der Waals surface area contributed by atoms with E-state index < -0.39 is 0 Å². The summed E-state index contributed by atoms with van der Waals surface area (Å²) in [5.74, 6) is 0.158. The maximum absolute atomic E-state index is 12.4. The van der Waals surface area contributed by atoms with Gasteiger partial charge in [-0.2, -0.15) is 5.10 Å². The number of carbonyl (C=O) groups is 2. The number of aromatic nitrogens is 2. The molecule has 0 bridgehead atoms. The predicted molar refractivity (Wildman–Crippen MR) is 93.6 cm³/mol. The second-order valence-electron chi connectivity index (χ2n) is 6.14. The number of amides is 2. The van der Waals surface area contributed by atoms with Crippen molar-refractivity contribution in [3.05, 3.63) is 41.7 Å². The summed E-state index contributed by atoms with van der Waals surface area (Å²) in [5, 5.41) is 12.3. The Balaban J connectivity index is 1.64. The molecule has 1 heterocycles. The Morgan fingerprint density at radius 2 is 2.04 bits per heavy atom. The Hall–Kier alpha value is -2.83. The Bertz CT molecular complexity index is 750. The predicted octanol–water partition coefficient (Wildman–Crippen LogP) is 2.27. The molecule has 3 N–H and O–H groups in total. The first kappa shape index (κ1) is 17.0. The number of hydrogen-bond donors (Lipinski definition) is 3. The van der Waals surface area contributed by atoms with Crippen molar-refractivity contribution in [2.24, 2.45) is 0 Å². The van der Waals surface area contributed by atoms with Crippen LogP contribution >= 0.6 is 0 Å². The third-order valence-corrected chi connectivity index (χ3v) is 4.36. The van der Waals surface area contributed by atoms with Gasteiger partial charge >= 0.3 is 0 Å². The van der Waals surface area contributed by atoms with Gasteiger partial charge in [0.05, 0.1) is 19.2 Å². The molecule has 1 saturated carbocycles. The van der Waals surface area contributed by atoms with Crippen LogP contribution in [0.25, 0.3) is 0 Å². The molecule has 1 aliphatic carbocycles. The first-order valence-corrected chi connectivity index (χ1v) is 8.43. The van der Waals surface area contributed by atoms with E-state index >= 15 is 0 Å². The van der Waals surface area contributed by atoms with E-state index in [-0.39, 0.29) is 30.0 Å². The molecule has 1 aromatic carbocycles. The molecule has 1 aliphatic rings. The van der Waals surface area contributed by atoms with Gasteiger partial charge in [-0.15, -0.1) is 0 Å². The highest BCUT2D eigenvalue weighted by molar-refractivity contribution is 6.02. The number of aromatic amines is 1. The number of ether oxygens (including phenoxy) is 1. The third-order valence-electron chi connectivity index (χ3n) is 4.36. The van der Waals surface area contributed by atoms with E-state index in [1.165, 1.54) is 6.20 Å². The standard InChI is InChI=1S/C18H22N4O3/c1-25-15-9-5-2-6-12(15)10-16(23)21-14-11-19-22-17(14)18(24)20-13-7-3-4-8-13/h2,5-6,9,11,13H,3-4,7-8,10H2,1H3,(H,19,22)(H,20,24)(H,21,23). The molecule has 132 valence electrons. The molecule has 7 nitrogen and oxygen atoms in total. The van der Waals surface area contributed by atoms with Crippen molar-refractivity contribution < 1.29 is 14.3 Å². The quantitative estimate of drug-likeness (QED) is 0.750. The second-order valence-corrected chi connectivity index (χ2v) is 6.14. The van der Waals surface area contributed by atoms with Gasteiger partial charge in [0.25, 0.3) is 5.91 Å².